The second-order valence-corrected chi connectivity index (χ2v) is 9.39. The molecule has 1 amide bonds. The van der Waals surface area contributed by atoms with Crippen LogP contribution in [0.4, 0.5) is 5.69 Å². The van der Waals surface area contributed by atoms with Crippen molar-refractivity contribution in [3.05, 3.63) is 83.9 Å². The molecule has 0 radical (unpaired) electrons. The van der Waals surface area contributed by atoms with Gasteiger partial charge >= 0.3 is 0 Å². The smallest absolute Gasteiger partial charge is 0.264 e. The molecule has 0 saturated heterocycles. The summed E-state index contributed by atoms with van der Waals surface area (Å²) < 4.78 is 38.8. The Hall–Kier alpha value is -3.85. The number of carbonyl (C=O) groups excluding carboxylic acids is 1. The highest BCUT2D eigenvalue weighted by Gasteiger charge is 2.27. The van der Waals surface area contributed by atoms with Gasteiger partial charge in [-0.15, -0.1) is 0 Å². The van der Waals surface area contributed by atoms with Crippen LogP contribution in [0.15, 0.2) is 82.8 Å². The van der Waals surface area contributed by atoms with Crippen LogP contribution in [0.25, 0.3) is 0 Å². The van der Waals surface area contributed by atoms with Crippen molar-refractivity contribution in [2.75, 3.05) is 24.1 Å². The molecule has 9 heteroatoms. The lowest BCUT2D eigenvalue weighted by atomic mass is 10.2. The first-order valence-corrected chi connectivity index (χ1v) is 12.6. The summed E-state index contributed by atoms with van der Waals surface area (Å²) >= 11 is 0. The topological polar surface area (TPSA) is 97.3 Å². The van der Waals surface area contributed by atoms with E-state index in [1.54, 1.807) is 60.7 Å². The van der Waals surface area contributed by atoms with Gasteiger partial charge in [-0.25, -0.2) is 13.8 Å². The molecule has 0 aliphatic heterocycles. The summed E-state index contributed by atoms with van der Waals surface area (Å²) in [7, 11) is -3.97. The van der Waals surface area contributed by atoms with Crippen LogP contribution in [0.2, 0.25) is 0 Å². The standard InChI is InChI=1S/C26H29N3O5S/c1-4-33-24-16-13-21(17-25(24)34-5-2)18-27-28-26(30)19-29(22-14-11-20(3)12-15-22)35(31,32)23-9-7-6-8-10-23/h6-18H,4-5,19H2,1-3H3,(H,28,30)/b27-18-. The van der Waals surface area contributed by atoms with Crippen LogP contribution in [0.3, 0.4) is 0 Å². The number of ether oxygens (including phenoxy) is 2. The average molecular weight is 496 g/mol. The quantitative estimate of drug-likeness (QED) is 0.319. The fourth-order valence-electron chi connectivity index (χ4n) is 3.24. The number of amides is 1. The van der Waals surface area contributed by atoms with E-state index in [1.165, 1.54) is 18.3 Å². The van der Waals surface area contributed by atoms with E-state index < -0.39 is 22.5 Å². The lowest BCUT2D eigenvalue weighted by Gasteiger charge is -2.23. The molecule has 3 aromatic rings. The lowest BCUT2D eigenvalue weighted by molar-refractivity contribution is -0.119. The van der Waals surface area contributed by atoms with E-state index in [0.29, 0.717) is 36.0 Å². The van der Waals surface area contributed by atoms with Crippen LogP contribution in [-0.4, -0.2) is 40.3 Å². The molecule has 0 aromatic heterocycles. The summed E-state index contributed by atoms with van der Waals surface area (Å²) in [6, 6.07) is 20.2. The molecule has 0 heterocycles. The molecule has 0 aliphatic carbocycles. The molecule has 3 rings (SSSR count). The van der Waals surface area contributed by atoms with Crippen molar-refractivity contribution in [3.8, 4) is 11.5 Å². The van der Waals surface area contributed by atoms with E-state index in [2.05, 4.69) is 10.5 Å². The largest absolute Gasteiger partial charge is 0.490 e. The van der Waals surface area contributed by atoms with Gasteiger partial charge in [0.05, 0.1) is 30.0 Å². The molecule has 8 nitrogen and oxygen atoms in total. The Morgan fingerprint density at radius 3 is 2.26 bits per heavy atom. The molecule has 184 valence electrons. The lowest BCUT2D eigenvalue weighted by Crippen LogP contribution is -2.39. The Labute approximate surface area is 206 Å². The van der Waals surface area contributed by atoms with Gasteiger partial charge in [-0.3, -0.25) is 9.10 Å². The molecule has 0 saturated carbocycles. The minimum atomic E-state index is -3.97. The predicted molar refractivity (Wildman–Crippen MR) is 137 cm³/mol. The van der Waals surface area contributed by atoms with Gasteiger partial charge in [0, 0.05) is 0 Å². The molecule has 3 aromatic carbocycles. The van der Waals surface area contributed by atoms with Gasteiger partial charge in [0.15, 0.2) is 11.5 Å². The van der Waals surface area contributed by atoms with E-state index in [9.17, 15) is 13.2 Å². The molecule has 35 heavy (non-hydrogen) atoms. The summed E-state index contributed by atoms with van der Waals surface area (Å²) in [5.41, 5.74) is 4.45. The Kier molecular flexibility index (Phi) is 8.86. The zero-order valence-corrected chi connectivity index (χ0v) is 20.8. The van der Waals surface area contributed by atoms with Crippen molar-refractivity contribution in [3.63, 3.8) is 0 Å². The molecule has 0 spiro atoms. The third-order valence-corrected chi connectivity index (χ3v) is 6.70. The third-order valence-electron chi connectivity index (χ3n) is 4.91. The molecular weight excluding hydrogens is 466 g/mol. The van der Waals surface area contributed by atoms with Gasteiger partial charge in [-0.05, 0) is 68.8 Å². The second kappa shape index (κ2) is 12.0. The number of nitrogens with one attached hydrogen (secondary N) is 1. The van der Waals surface area contributed by atoms with E-state index >= 15 is 0 Å². The highest BCUT2D eigenvalue weighted by Crippen LogP contribution is 2.28. The Bertz CT molecular complexity index is 1260. The summed E-state index contributed by atoms with van der Waals surface area (Å²) in [6.45, 7) is 6.21. The van der Waals surface area contributed by atoms with Crippen molar-refractivity contribution < 1.29 is 22.7 Å². The molecule has 0 atom stereocenters. The number of carbonyl (C=O) groups is 1. The van der Waals surface area contributed by atoms with Crippen LogP contribution < -0.4 is 19.2 Å². The van der Waals surface area contributed by atoms with Gasteiger partial charge in [0.25, 0.3) is 15.9 Å². The zero-order valence-electron chi connectivity index (χ0n) is 20.0. The number of hydrazone groups is 1. The van der Waals surface area contributed by atoms with Crippen LogP contribution in [0.5, 0.6) is 11.5 Å². The van der Waals surface area contributed by atoms with Crippen molar-refractivity contribution >= 4 is 27.8 Å². The number of anilines is 1. The molecule has 0 bridgehead atoms. The summed E-state index contributed by atoms with van der Waals surface area (Å²) in [4.78, 5) is 12.8. The summed E-state index contributed by atoms with van der Waals surface area (Å²) in [6.07, 6.45) is 1.46. The highest BCUT2D eigenvalue weighted by molar-refractivity contribution is 7.92. The molecular formula is C26H29N3O5S. The third kappa shape index (κ3) is 6.83. The fraction of sp³-hybridized carbons (Fsp3) is 0.231. The van der Waals surface area contributed by atoms with Crippen LogP contribution in [0.1, 0.15) is 25.0 Å². The number of aryl methyl sites for hydroxylation is 1. The normalized spacial score (nSPS) is 11.3. The van der Waals surface area contributed by atoms with Gasteiger partial charge < -0.3 is 9.47 Å². The van der Waals surface area contributed by atoms with Crippen molar-refractivity contribution in [1.82, 2.24) is 5.43 Å². The number of hydrogen-bond donors (Lipinski definition) is 1. The number of nitrogens with zero attached hydrogens (tertiary/aromatic N) is 2. The predicted octanol–water partition coefficient (Wildman–Crippen LogP) is 4.14. The summed E-state index contributed by atoms with van der Waals surface area (Å²) in [5, 5.41) is 3.99. The van der Waals surface area contributed by atoms with Crippen LogP contribution >= 0.6 is 0 Å². The number of sulfonamides is 1. The minimum absolute atomic E-state index is 0.0923. The molecule has 0 fully saturated rings. The van der Waals surface area contributed by atoms with E-state index in [4.69, 9.17) is 9.47 Å². The minimum Gasteiger partial charge on any atom is -0.490 e. The van der Waals surface area contributed by atoms with Crippen molar-refractivity contribution in [1.29, 1.82) is 0 Å². The zero-order chi connectivity index (χ0) is 25.3. The molecule has 1 N–H and O–H groups in total. The maximum atomic E-state index is 13.3. The summed E-state index contributed by atoms with van der Waals surface area (Å²) in [5.74, 6) is 0.608. The monoisotopic (exact) mass is 495 g/mol. The van der Waals surface area contributed by atoms with Crippen LogP contribution in [-0.2, 0) is 14.8 Å². The fourth-order valence-corrected chi connectivity index (χ4v) is 4.68. The van der Waals surface area contributed by atoms with Crippen molar-refractivity contribution in [2.45, 2.75) is 25.7 Å². The van der Waals surface area contributed by atoms with E-state index in [0.717, 1.165) is 9.87 Å². The number of benzene rings is 3. The first-order chi connectivity index (χ1) is 16.8. The van der Waals surface area contributed by atoms with Gasteiger partial charge in [-0.2, -0.15) is 5.10 Å². The van der Waals surface area contributed by atoms with Crippen molar-refractivity contribution in [2.24, 2.45) is 5.10 Å². The molecule has 0 unspecified atom stereocenters. The maximum absolute atomic E-state index is 13.3. The Morgan fingerprint density at radius 1 is 0.943 bits per heavy atom. The van der Waals surface area contributed by atoms with E-state index in [1.807, 2.05) is 20.8 Å². The first-order valence-electron chi connectivity index (χ1n) is 11.2. The maximum Gasteiger partial charge on any atom is 0.264 e. The SMILES string of the molecule is CCOc1ccc(/C=N\NC(=O)CN(c2ccc(C)cc2)S(=O)(=O)c2ccccc2)cc1OCC. The number of hydrogen-bond acceptors (Lipinski definition) is 6. The van der Waals surface area contributed by atoms with Crippen LogP contribution in [0, 0.1) is 6.92 Å². The Balaban J connectivity index is 1.78. The number of rotatable bonds is 11. The van der Waals surface area contributed by atoms with Gasteiger partial charge in [-0.1, -0.05) is 35.9 Å². The second-order valence-electron chi connectivity index (χ2n) is 7.53. The highest BCUT2D eigenvalue weighted by atomic mass is 32.2. The Morgan fingerprint density at radius 2 is 1.60 bits per heavy atom. The van der Waals surface area contributed by atoms with E-state index in [-0.39, 0.29) is 4.90 Å². The first kappa shape index (κ1) is 25.8. The average Bonchev–Trinajstić information content (AvgIpc) is 2.85. The van der Waals surface area contributed by atoms with Gasteiger partial charge in [0.2, 0.25) is 0 Å². The van der Waals surface area contributed by atoms with Gasteiger partial charge in [0.1, 0.15) is 6.54 Å². The molecule has 0 aliphatic rings.